The SMILES string of the molecule is Cn1nc(OCCCCCc2cccc(OC(C)(C)C(=O)O)c2)c(=O)n(CCCC(F)(F)F)c1=O. The van der Waals surface area contributed by atoms with E-state index in [1.807, 2.05) is 6.07 Å². The third-order valence-electron chi connectivity index (χ3n) is 5.15. The van der Waals surface area contributed by atoms with Crippen LogP contribution in [-0.4, -0.2) is 43.8 Å². The molecule has 0 fully saturated rings. The van der Waals surface area contributed by atoms with Gasteiger partial charge in [0.25, 0.3) is 5.88 Å². The number of benzene rings is 1. The van der Waals surface area contributed by atoms with Crippen LogP contribution in [0, 0.1) is 0 Å². The van der Waals surface area contributed by atoms with Crippen molar-refractivity contribution < 1.29 is 32.5 Å². The van der Waals surface area contributed by atoms with Crippen molar-refractivity contribution in [2.24, 2.45) is 7.05 Å². The minimum atomic E-state index is -4.37. The molecule has 0 bridgehead atoms. The van der Waals surface area contributed by atoms with Crippen LogP contribution in [0.2, 0.25) is 0 Å². The topological polar surface area (TPSA) is 113 Å². The zero-order valence-corrected chi connectivity index (χ0v) is 19.9. The highest BCUT2D eigenvalue weighted by molar-refractivity contribution is 5.76. The number of halogens is 3. The lowest BCUT2D eigenvalue weighted by atomic mass is 10.1. The zero-order valence-electron chi connectivity index (χ0n) is 19.9. The first kappa shape index (κ1) is 27.9. The summed E-state index contributed by atoms with van der Waals surface area (Å²) in [5, 5.41) is 13.0. The first-order chi connectivity index (χ1) is 16.3. The monoisotopic (exact) mass is 501 g/mol. The zero-order chi connectivity index (χ0) is 26.2. The first-order valence-corrected chi connectivity index (χ1v) is 11.2. The van der Waals surface area contributed by atoms with E-state index in [1.54, 1.807) is 18.2 Å². The Labute approximate surface area is 200 Å². The van der Waals surface area contributed by atoms with Gasteiger partial charge in [-0.1, -0.05) is 12.1 Å². The van der Waals surface area contributed by atoms with Gasteiger partial charge >= 0.3 is 23.4 Å². The Balaban J connectivity index is 1.84. The van der Waals surface area contributed by atoms with E-state index in [2.05, 4.69) is 5.10 Å². The van der Waals surface area contributed by atoms with Gasteiger partial charge in [0.1, 0.15) is 5.75 Å². The third-order valence-corrected chi connectivity index (χ3v) is 5.15. The van der Waals surface area contributed by atoms with Gasteiger partial charge in [0, 0.05) is 20.0 Å². The number of carbonyl (C=O) groups is 1. The highest BCUT2D eigenvalue weighted by atomic mass is 19.4. The van der Waals surface area contributed by atoms with Gasteiger partial charge in [0.2, 0.25) is 0 Å². The number of aliphatic carboxylic acids is 1. The van der Waals surface area contributed by atoms with E-state index in [0.29, 0.717) is 16.7 Å². The summed E-state index contributed by atoms with van der Waals surface area (Å²) in [6, 6.07) is 7.18. The van der Waals surface area contributed by atoms with Gasteiger partial charge in [0.05, 0.1) is 6.61 Å². The molecule has 0 aliphatic rings. The maximum absolute atomic E-state index is 12.4. The van der Waals surface area contributed by atoms with E-state index in [1.165, 1.54) is 20.9 Å². The Morgan fingerprint density at radius 3 is 2.49 bits per heavy atom. The highest BCUT2D eigenvalue weighted by Crippen LogP contribution is 2.22. The quantitative estimate of drug-likeness (QED) is 0.419. The molecule has 35 heavy (non-hydrogen) atoms. The number of aromatic nitrogens is 3. The lowest BCUT2D eigenvalue weighted by molar-refractivity contribution is -0.152. The second kappa shape index (κ2) is 11.9. The molecular formula is C23H30F3N3O6. The molecule has 194 valence electrons. The molecule has 1 aromatic heterocycles. The number of nitrogens with zero attached hydrogens (tertiary/aromatic N) is 3. The minimum absolute atomic E-state index is 0.152. The van der Waals surface area contributed by atoms with Gasteiger partial charge in [-0.2, -0.15) is 13.2 Å². The maximum atomic E-state index is 12.4. The molecule has 9 nitrogen and oxygen atoms in total. The molecule has 0 radical (unpaired) electrons. The number of hydrogen-bond acceptors (Lipinski definition) is 6. The fraction of sp³-hybridized carbons (Fsp3) is 0.565. The van der Waals surface area contributed by atoms with Crippen LogP contribution in [0.25, 0.3) is 0 Å². The summed E-state index contributed by atoms with van der Waals surface area (Å²) in [6.07, 6.45) is -3.04. The van der Waals surface area contributed by atoms with Gasteiger partial charge in [-0.25, -0.2) is 14.3 Å². The van der Waals surface area contributed by atoms with Gasteiger partial charge in [-0.05, 0) is 63.6 Å². The van der Waals surface area contributed by atoms with Crippen LogP contribution in [0.15, 0.2) is 33.9 Å². The molecule has 0 amide bonds. The van der Waals surface area contributed by atoms with E-state index < -0.39 is 41.8 Å². The van der Waals surface area contributed by atoms with Crippen molar-refractivity contribution in [2.45, 2.75) is 70.7 Å². The Morgan fingerprint density at radius 2 is 1.83 bits per heavy atom. The first-order valence-electron chi connectivity index (χ1n) is 11.2. The van der Waals surface area contributed by atoms with Gasteiger partial charge in [-0.15, -0.1) is 5.10 Å². The number of rotatable bonds is 13. The number of carboxylic acid groups (broad SMARTS) is 1. The Kier molecular flexibility index (Phi) is 9.49. The van der Waals surface area contributed by atoms with Crippen molar-refractivity contribution in [3.63, 3.8) is 0 Å². The van der Waals surface area contributed by atoms with Crippen LogP contribution in [-0.2, 0) is 24.8 Å². The predicted molar refractivity (Wildman–Crippen MR) is 121 cm³/mol. The second-order valence-corrected chi connectivity index (χ2v) is 8.61. The van der Waals surface area contributed by atoms with E-state index in [-0.39, 0.29) is 19.0 Å². The van der Waals surface area contributed by atoms with Crippen molar-refractivity contribution in [3.05, 3.63) is 50.7 Å². The van der Waals surface area contributed by atoms with Crippen molar-refractivity contribution in [3.8, 4) is 11.6 Å². The number of aryl methyl sites for hydroxylation is 2. The molecule has 2 aromatic rings. The van der Waals surface area contributed by atoms with E-state index >= 15 is 0 Å². The molecule has 0 aliphatic carbocycles. The molecule has 0 saturated carbocycles. The number of unbranched alkanes of at least 4 members (excludes halogenated alkanes) is 2. The molecule has 1 heterocycles. The van der Waals surface area contributed by atoms with Crippen molar-refractivity contribution in [1.29, 1.82) is 0 Å². The van der Waals surface area contributed by atoms with Gasteiger partial charge in [-0.3, -0.25) is 9.36 Å². The third kappa shape index (κ3) is 8.76. The molecule has 2 rings (SSSR count). The smallest absolute Gasteiger partial charge is 0.389 e. The van der Waals surface area contributed by atoms with Crippen molar-refractivity contribution in [1.82, 2.24) is 14.3 Å². The number of alkyl halides is 3. The summed E-state index contributed by atoms with van der Waals surface area (Å²) in [4.78, 5) is 35.7. The Hall–Kier alpha value is -3.31. The van der Waals surface area contributed by atoms with E-state index in [4.69, 9.17) is 9.47 Å². The van der Waals surface area contributed by atoms with Crippen LogP contribution < -0.4 is 20.7 Å². The summed E-state index contributed by atoms with van der Waals surface area (Å²) in [6.45, 7) is 2.72. The Bertz CT molecular complexity index is 1120. The van der Waals surface area contributed by atoms with Crippen molar-refractivity contribution >= 4 is 5.97 Å². The fourth-order valence-corrected chi connectivity index (χ4v) is 3.20. The minimum Gasteiger partial charge on any atom is -0.478 e. The molecule has 12 heteroatoms. The summed E-state index contributed by atoms with van der Waals surface area (Å²) in [5.41, 5.74) is -2.02. The normalized spacial score (nSPS) is 11.9. The highest BCUT2D eigenvalue weighted by Gasteiger charge is 2.29. The average molecular weight is 502 g/mol. The lowest BCUT2D eigenvalue weighted by Crippen LogP contribution is -2.41. The summed E-state index contributed by atoms with van der Waals surface area (Å²) in [5.74, 6) is -0.931. The second-order valence-electron chi connectivity index (χ2n) is 8.61. The molecule has 0 spiro atoms. The molecule has 0 unspecified atom stereocenters. The number of hydrogen-bond donors (Lipinski definition) is 1. The van der Waals surface area contributed by atoms with Gasteiger partial charge < -0.3 is 14.6 Å². The number of ether oxygens (including phenoxy) is 2. The van der Waals surface area contributed by atoms with Gasteiger partial charge in [0.15, 0.2) is 5.60 Å². The summed E-state index contributed by atoms with van der Waals surface area (Å²) < 4.78 is 49.6. The fourth-order valence-electron chi connectivity index (χ4n) is 3.20. The predicted octanol–water partition coefficient (Wildman–Crippen LogP) is 3.32. The Morgan fingerprint density at radius 1 is 1.11 bits per heavy atom. The lowest BCUT2D eigenvalue weighted by Gasteiger charge is -2.21. The molecule has 0 saturated heterocycles. The molecule has 1 aromatic carbocycles. The molecular weight excluding hydrogens is 471 g/mol. The average Bonchev–Trinajstić information content (AvgIpc) is 2.75. The summed E-state index contributed by atoms with van der Waals surface area (Å²) in [7, 11) is 1.30. The molecule has 1 N–H and O–H groups in total. The van der Waals surface area contributed by atoms with E-state index in [9.17, 15) is 32.7 Å². The largest absolute Gasteiger partial charge is 0.478 e. The molecule has 0 aliphatic heterocycles. The van der Waals surface area contributed by atoms with Crippen LogP contribution >= 0.6 is 0 Å². The van der Waals surface area contributed by atoms with Crippen LogP contribution in [0.4, 0.5) is 13.2 Å². The van der Waals surface area contributed by atoms with E-state index in [0.717, 1.165) is 29.5 Å². The maximum Gasteiger partial charge on any atom is 0.389 e. The molecule has 0 atom stereocenters. The standard InChI is InChI=1S/C23H30F3N3O6/c1-22(2,20(31)32)35-17-11-7-10-16(15-17)9-5-4-6-14-34-18-19(30)29(21(33)28(3)27-18)13-8-12-23(24,25)26/h7,10-11,15H,4-6,8-9,12-14H2,1-3H3,(H,31,32). The number of carboxylic acids is 1. The van der Waals surface area contributed by atoms with Crippen molar-refractivity contribution in [2.75, 3.05) is 6.61 Å². The van der Waals surface area contributed by atoms with Crippen LogP contribution in [0.1, 0.15) is 51.5 Å². The van der Waals surface area contributed by atoms with Crippen LogP contribution in [0.5, 0.6) is 11.6 Å². The summed E-state index contributed by atoms with van der Waals surface area (Å²) >= 11 is 0. The van der Waals surface area contributed by atoms with Crippen LogP contribution in [0.3, 0.4) is 0 Å².